The van der Waals surface area contributed by atoms with E-state index in [2.05, 4.69) is 10.3 Å². The predicted molar refractivity (Wildman–Crippen MR) is 128 cm³/mol. The minimum Gasteiger partial charge on any atom is -0.311 e. The Morgan fingerprint density at radius 1 is 1.00 bits per heavy atom. The third kappa shape index (κ3) is 4.37. The number of benzene rings is 2. The number of para-hydroxylation sites is 1. The molecule has 2 aromatic carbocycles. The summed E-state index contributed by atoms with van der Waals surface area (Å²) >= 11 is 1.09. The van der Waals surface area contributed by atoms with Crippen molar-refractivity contribution in [2.24, 2.45) is 14.1 Å². The van der Waals surface area contributed by atoms with Crippen LogP contribution in [0, 0.1) is 6.92 Å². The molecule has 168 valence electrons. The summed E-state index contributed by atoms with van der Waals surface area (Å²) in [7, 11) is 2.83. The molecule has 0 aliphatic carbocycles. The first-order chi connectivity index (χ1) is 15.8. The molecule has 2 aromatic heterocycles. The fraction of sp³-hybridized carbons (Fsp3) is 0.174. The smallest absolute Gasteiger partial charge is 0.311 e. The lowest BCUT2D eigenvalue weighted by atomic mass is 10.2. The van der Waals surface area contributed by atoms with E-state index in [1.54, 1.807) is 24.3 Å². The number of anilines is 1. The minimum absolute atomic E-state index is 0.0833. The first kappa shape index (κ1) is 22.3. The van der Waals surface area contributed by atoms with Crippen LogP contribution in [0.1, 0.15) is 5.56 Å². The average molecular weight is 464 g/mol. The fourth-order valence-electron chi connectivity index (χ4n) is 3.29. The van der Waals surface area contributed by atoms with Gasteiger partial charge in [0.15, 0.2) is 5.16 Å². The molecule has 0 aliphatic heterocycles. The van der Waals surface area contributed by atoms with Crippen LogP contribution in [0.25, 0.3) is 16.6 Å². The number of hydrogen-bond donors (Lipinski definition) is 1. The maximum Gasteiger partial charge on any atom is 0.332 e. The number of carbonyl (C=O) groups is 1. The van der Waals surface area contributed by atoms with Crippen molar-refractivity contribution in [3.8, 4) is 5.69 Å². The van der Waals surface area contributed by atoms with Gasteiger partial charge in [0.1, 0.15) is 5.82 Å². The van der Waals surface area contributed by atoms with E-state index in [-0.39, 0.29) is 17.1 Å². The molecule has 0 fully saturated rings. The Balaban J connectivity index is 1.67. The van der Waals surface area contributed by atoms with Crippen molar-refractivity contribution in [2.45, 2.75) is 12.1 Å². The highest BCUT2D eigenvalue weighted by atomic mass is 32.2. The maximum absolute atomic E-state index is 13.3. The summed E-state index contributed by atoms with van der Waals surface area (Å²) in [6, 6.07) is 15.7. The summed E-state index contributed by atoms with van der Waals surface area (Å²) < 4.78 is 3.61. The Kier molecular flexibility index (Phi) is 6.01. The van der Waals surface area contributed by atoms with Gasteiger partial charge in [-0.3, -0.25) is 28.1 Å². The highest BCUT2D eigenvalue weighted by Crippen LogP contribution is 2.22. The van der Waals surface area contributed by atoms with E-state index in [9.17, 15) is 19.2 Å². The zero-order valence-corrected chi connectivity index (χ0v) is 19.0. The van der Waals surface area contributed by atoms with E-state index in [4.69, 9.17) is 0 Å². The van der Waals surface area contributed by atoms with Crippen molar-refractivity contribution in [1.82, 2.24) is 18.7 Å². The summed E-state index contributed by atoms with van der Waals surface area (Å²) in [5.74, 6) is -0.433. The second-order valence-electron chi connectivity index (χ2n) is 7.49. The number of amides is 1. The van der Waals surface area contributed by atoms with Crippen LogP contribution in [-0.2, 0) is 18.9 Å². The number of aryl methyl sites for hydroxylation is 1. The highest BCUT2D eigenvalue weighted by Gasteiger charge is 2.16. The molecular formula is C23H21N5O4S. The molecule has 4 aromatic rings. The van der Waals surface area contributed by atoms with E-state index in [0.29, 0.717) is 21.7 Å². The molecule has 1 amide bonds. The van der Waals surface area contributed by atoms with Crippen LogP contribution in [0.2, 0.25) is 0 Å². The molecule has 9 nitrogen and oxygen atoms in total. The molecule has 10 heteroatoms. The first-order valence-electron chi connectivity index (χ1n) is 10.0. The molecular weight excluding hydrogens is 442 g/mol. The zero-order valence-electron chi connectivity index (χ0n) is 18.2. The molecule has 1 N–H and O–H groups in total. The lowest BCUT2D eigenvalue weighted by molar-refractivity contribution is -0.113. The maximum atomic E-state index is 13.3. The molecule has 33 heavy (non-hydrogen) atoms. The Bertz CT molecular complexity index is 1550. The fourth-order valence-corrected chi connectivity index (χ4v) is 4.11. The Hall–Kier alpha value is -3.92. The van der Waals surface area contributed by atoms with Crippen LogP contribution in [0.3, 0.4) is 0 Å². The van der Waals surface area contributed by atoms with Crippen molar-refractivity contribution >= 4 is 34.4 Å². The van der Waals surface area contributed by atoms with Gasteiger partial charge in [0, 0.05) is 20.2 Å². The van der Waals surface area contributed by atoms with Gasteiger partial charge in [-0.05, 0) is 31.2 Å². The van der Waals surface area contributed by atoms with E-state index in [0.717, 1.165) is 21.9 Å². The summed E-state index contributed by atoms with van der Waals surface area (Å²) in [4.78, 5) is 54.5. The largest absolute Gasteiger partial charge is 0.332 e. The van der Waals surface area contributed by atoms with Gasteiger partial charge in [-0.2, -0.15) is 0 Å². The number of aromatic nitrogens is 4. The number of rotatable bonds is 5. The molecule has 0 spiro atoms. The molecule has 0 radical (unpaired) electrons. The van der Waals surface area contributed by atoms with E-state index >= 15 is 0 Å². The number of hydrogen-bond acceptors (Lipinski definition) is 6. The first-order valence-corrected chi connectivity index (χ1v) is 11.0. The van der Waals surface area contributed by atoms with Gasteiger partial charge in [0.2, 0.25) is 5.91 Å². The summed E-state index contributed by atoms with van der Waals surface area (Å²) in [5, 5.41) is 3.41. The molecule has 0 atom stereocenters. The standard InChI is InChI=1S/C23H21N5O4S/c1-14-8-10-15(11-9-14)28-21(31)16-6-4-5-7-17(16)24-22(28)33-13-19(29)25-18-12-20(30)27(3)23(32)26(18)2/h4-12H,13H2,1-3H3,(H,25,29). The lowest BCUT2D eigenvalue weighted by Gasteiger charge is -2.14. The van der Waals surface area contributed by atoms with E-state index in [1.165, 1.54) is 29.3 Å². The molecule has 0 aliphatic rings. The SMILES string of the molecule is Cc1ccc(-n2c(SCC(=O)Nc3cc(=O)n(C)c(=O)n3C)nc3ccccc3c2=O)cc1. The zero-order chi connectivity index (χ0) is 23.7. The van der Waals surface area contributed by atoms with Crippen molar-refractivity contribution in [3.63, 3.8) is 0 Å². The van der Waals surface area contributed by atoms with Crippen molar-refractivity contribution in [3.05, 3.63) is 91.4 Å². The van der Waals surface area contributed by atoms with Crippen LogP contribution >= 0.6 is 11.8 Å². The number of nitrogens with zero attached hydrogens (tertiary/aromatic N) is 4. The Morgan fingerprint density at radius 3 is 2.42 bits per heavy atom. The summed E-state index contributed by atoms with van der Waals surface area (Å²) in [5.41, 5.74) is 0.916. The van der Waals surface area contributed by atoms with Crippen molar-refractivity contribution < 1.29 is 4.79 Å². The quantitative estimate of drug-likeness (QED) is 0.357. The monoisotopic (exact) mass is 463 g/mol. The van der Waals surface area contributed by atoms with Gasteiger partial charge >= 0.3 is 5.69 Å². The van der Waals surface area contributed by atoms with Gasteiger partial charge in [0.05, 0.1) is 22.3 Å². The molecule has 2 heterocycles. The van der Waals surface area contributed by atoms with E-state index < -0.39 is 17.2 Å². The van der Waals surface area contributed by atoms with Gasteiger partial charge in [-0.1, -0.05) is 41.6 Å². The van der Waals surface area contributed by atoms with Crippen LogP contribution in [0.5, 0.6) is 0 Å². The summed E-state index contributed by atoms with van der Waals surface area (Å²) in [6.07, 6.45) is 0. The lowest BCUT2D eigenvalue weighted by Crippen LogP contribution is -2.38. The predicted octanol–water partition coefficient (Wildman–Crippen LogP) is 1.82. The second kappa shape index (κ2) is 8.91. The van der Waals surface area contributed by atoms with Gasteiger partial charge < -0.3 is 5.32 Å². The van der Waals surface area contributed by atoms with Crippen LogP contribution < -0.4 is 22.1 Å². The van der Waals surface area contributed by atoms with Crippen molar-refractivity contribution in [1.29, 1.82) is 0 Å². The topological polar surface area (TPSA) is 108 Å². The molecule has 0 saturated heterocycles. The average Bonchev–Trinajstić information content (AvgIpc) is 2.81. The third-order valence-corrected chi connectivity index (χ3v) is 6.10. The number of nitrogens with one attached hydrogen (secondary N) is 1. The Labute approximate surface area is 192 Å². The second-order valence-corrected chi connectivity index (χ2v) is 8.44. The highest BCUT2D eigenvalue weighted by molar-refractivity contribution is 7.99. The molecule has 0 saturated carbocycles. The Morgan fingerprint density at radius 2 is 1.70 bits per heavy atom. The van der Waals surface area contributed by atoms with Gasteiger partial charge in [-0.15, -0.1) is 0 Å². The molecule has 4 rings (SSSR count). The normalized spacial score (nSPS) is 11.0. The number of thioether (sulfide) groups is 1. The van der Waals surface area contributed by atoms with Crippen LogP contribution in [0.4, 0.5) is 5.82 Å². The minimum atomic E-state index is -0.546. The third-order valence-electron chi connectivity index (χ3n) is 5.16. The molecule has 0 unspecified atom stereocenters. The number of fused-ring (bicyclic) bond motifs is 1. The van der Waals surface area contributed by atoms with Crippen molar-refractivity contribution in [2.75, 3.05) is 11.1 Å². The van der Waals surface area contributed by atoms with Gasteiger partial charge in [-0.25, -0.2) is 9.78 Å². The molecule has 0 bridgehead atoms. The van der Waals surface area contributed by atoms with Crippen LogP contribution in [-0.4, -0.2) is 30.3 Å². The van der Waals surface area contributed by atoms with Crippen LogP contribution in [0.15, 0.2) is 74.1 Å². The summed E-state index contributed by atoms with van der Waals surface area (Å²) in [6.45, 7) is 1.95. The number of carbonyl (C=O) groups excluding carboxylic acids is 1. The van der Waals surface area contributed by atoms with E-state index in [1.807, 2.05) is 31.2 Å². The van der Waals surface area contributed by atoms with Gasteiger partial charge in [0.25, 0.3) is 11.1 Å².